The molecule has 0 spiro atoms. The highest BCUT2D eigenvalue weighted by molar-refractivity contribution is 7.80. The predicted molar refractivity (Wildman–Crippen MR) is 72.0 cm³/mol. The van der Waals surface area contributed by atoms with Crippen molar-refractivity contribution < 1.29 is 16.0 Å². The smallest absolute Gasteiger partial charge is 0.813 e. The molecule has 2 aliphatic rings. The summed E-state index contributed by atoms with van der Waals surface area (Å²) in [4.78, 5) is 0. The molecule has 2 saturated heterocycles. The van der Waals surface area contributed by atoms with E-state index in [2.05, 4.69) is 31.2 Å². The van der Waals surface area contributed by atoms with Crippen molar-refractivity contribution in [2.45, 2.75) is 38.9 Å². The van der Waals surface area contributed by atoms with Gasteiger partial charge in [0, 0.05) is 12.2 Å². The fourth-order valence-corrected chi connectivity index (χ4v) is 0.636. The van der Waals surface area contributed by atoms with Crippen LogP contribution in [0.15, 0.2) is 0 Å². The first-order valence-electron chi connectivity index (χ1n) is 5.28. The van der Waals surface area contributed by atoms with Gasteiger partial charge in [-0.25, -0.2) is 0 Å². The van der Waals surface area contributed by atoms with Crippen LogP contribution in [0.2, 0.25) is 0 Å². The Balaban J connectivity index is -0.000000151. The molecule has 0 amide bonds. The topological polar surface area (TPSA) is 45.6 Å². The van der Waals surface area contributed by atoms with Gasteiger partial charge in [-0.1, -0.05) is 13.8 Å². The van der Waals surface area contributed by atoms with Crippen LogP contribution in [0.1, 0.15) is 28.1 Å². The molecule has 2 N–H and O–H groups in total. The number of aliphatic hydroxyl groups is 3. The molecule has 3 nitrogen and oxygen atoms in total. The Morgan fingerprint density at radius 3 is 1.93 bits per heavy atom. The molecular formula is C10H25O3S2+. The maximum absolute atomic E-state index is 7.80. The van der Waals surface area contributed by atoms with E-state index in [-0.39, 0.29) is 21.5 Å². The van der Waals surface area contributed by atoms with Gasteiger partial charge in [0.05, 0.1) is 19.3 Å². The van der Waals surface area contributed by atoms with E-state index in [1.807, 2.05) is 0 Å². The first kappa shape index (κ1) is 18.0. The highest BCUT2D eigenvalue weighted by atomic mass is 32.1. The molecule has 0 aliphatic carbocycles. The van der Waals surface area contributed by atoms with E-state index in [0.29, 0.717) is 11.9 Å². The number of hydrogen-bond acceptors (Lipinski definition) is 4. The lowest BCUT2D eigenvalue weighted by atomic mass is 10.4. The summed E-state index contributed by atoms with van der Waals surface area (Å²) < 4.78 is 8.88. The lowest BCUT2D eigenvalue weighted by molar-refractivity contribution is 0.201. The Morgan fingerprint density at radius 1 is 1.47 bits per heavy atom. The van der Waals surface area contributed by atoms with Gasteiger partial charge >= 0.3 is 1.43 Å². The molecule has 15 heavy (non-hydrogen) atoms. The zero-order valence-electron chi connectivity index (χ0n) is 10.6. The maximum atomic E-state index is 7.80. The van der Waals surface area contributed by atoms with Gasteiger partial charge in [-0.05, 0) is 6.42 Å². The molecule has 2 atom stereocenters. The molecule has 0 saturated carbocycles. The Labute approximate surface area is 107 Å². The van der Waals surface area contributed by atoms with Crippen LogP contribution < -0.4 is 0 Å². The van der Waals surface area contributed by atoms with Crippen molar-refractivity contribution in [3.05, 3.63) is 0 Å². The molecule has 0 aromatic heterocycles. The van der Waals surface area contributed by atoms with Gasteiger partial charge in [-0.15, -0.1) is 0 Å². The van der Waals surface area contributed by atoms with Gasteiger partial charge in [0.25, 0.3) is 0 Å². The maximum Gasteiger partial charge on any atom is 1.00 e. The van der Waals surface area contributed by atoms with Crippen LogP contribution >= 0.6 is 12.6 Å². The fraction of sp³-hybridized carbons (Fsp3) is 1.00. The van der Waals surface area contributed by atoms with Crippen LogP contribution in [0, 0.1) is 0 Å². The van der Waals surface area contributed by atoms with Crippen LogP contribution in [-0.4, -0.2) is 47.6 Å². The van der Waals surface area contributed by atoms with E-state index >= 15 is 0 Å². The second kappa shape index (κ2) is 12.6. The number of ether oxygens (including phenoxy) is 2. The standard InChI is InChI=1S/2C4H8O.C2H6OS.H2S/c2*1-2-4-3-5-4;3-1-2-4;/h2*4H,2-3H2,1H3;3-4H,1-2H2;1H2/p+1. The lowest BCUT2D eigenvalue weighted by Crippen LogP contribution is -1.76. The molecule has 0 aromatic rings. The number of epoxide rings is 2. The molecule has 5 heteroatoms. The van der Waals surface area contributed by atoms with Crippen molar-refractivity contribution in [1.82, 2.24) is 0 Å². The summed E-state index contributed by atoms with van der Waals surface area (Å²) in [6.45, 7) is 6.63. The van der Waals surface area contributed by atoms with E-state index in [0.717, 1.165) is 19.3 Å². The van der Waals surface area contributed by atoms with E-state index in [1.165, 1.54) is 12.8 Å². The molecule has 0 aromatic carbocycles. The minimum absolute atomic E-state index is 0. The van der Waals surface area contributed by atoms with Gasteiger partial charge in [-0.2, -0.15) is 12.6 Å². The third-order valence-electron chi connectivity index (χ3n) is 1.87. The number of thiol groups is 2. The molecule has 0 radical (unpaired) electrons. The van der Waals surface area contributed by atoms with Crippen molar-refractivity contribution in [2.24, 2.45) is 0 Å². The molecule has 2 heterocycles. The van der Waals surface area contributed by atoms with Gasteiger partial charge in [-0.3, -0.25) is 0 Å². The van der Waals surface area contributed by atoms with Gasteiger partial charge < -0.3 is 28.1 Å². The third kappa shape index (κ3) is 17.2. The second-order valence-corrected chi connectivity index (χ2v) is 3.69. The third-order valence-corrected chi connectivity index (χ3v) is 2.07. The molecule has 2 fully saturated rings. The summed E-state index contributed by atoms with van der Waals surface area (Å²) in [5, 5.41) is 7.80. The monoisotopic (exact) mass is 257 g/mol. The molecule has 2 unspecified atom stereocenters. The van der Waals surface area contributed by atoms with Crippen LogP contribution in [0.25, 0.3) is 0 Å². The summed E-state index contributed by atoms with van der Waals surface area (Å²) in [6.07, 6.45) is 3.84. The van der Waals surface area contributed by atoms with Crippen LogP contribution in [0.4, 0.5) is 0 Å². The highest BCUT2D eigenvalue weighted by Gasteiger charge is 2.27. The van der Waals surface area contributed by atoms with Gasteiger partial charge in [0.1, 0.15) is 0 Å². The quantitative estimate of drug-likeness (QED) is 0.341. The molecular weight excluding hydrogens is 232 g/mol. The molecule has 0 bridgehead atoms. The Kier molecular flexibility index (Phi) is 15.1. The van der Waals surface area contributed by atoms with Crippen molar-refractivity contribution in [3.63, 3.8) is 0 Å². The summed E-state index contributed by atoms with van der Waals surface area (Å²) >= 11 is 3.67. The van der Waals surface area contributed by atoms with E-state index in [1.54, 1.807) is 0 Å². The van der Waals surface area contributed by atoms with Gasteiger partial charge in [0.2, 0.25) is 12.7 Å². The molecule has 94 valence electrons. The summed E-state index contributed by atoms with van der Waals surface area (Å²) in [6, 6.07) is 0. The average molecular weight is 257 g/mol. The summed E-state index contributed by atoms with van der Waals surface area (Å²) in [5.74, 6) is 0.569. The highest BCUT2D eigenvalue weighted by Crippen LogP contribution is 2.10. The van der Waals surface area contributed by atoms with Crippen LogP contribution in [-0.2, 0) is 18.2 Å². The second-order valence-electron chi connectivity index (χ2n) is 3.24. The zero-order valence-corrected chi connectivity index (χ0v) is 11.4. The normalized spacial score (nSPS) is 24.8. The van der Waals surface area contributed by atoms with Crippen LogP contribution in [0.5, 0.6) is 0 Å². The average Bonchev–Trinajstić information content (AvgIpc) is 3.11. The Bertz CT molecular complexity index is 109. The number of rotatable bonds is 3. The summed E-state index contributed by atoms with van der Waals surface area (Å²) in [5.41, 5.74) is 0. The van der Waals surface area contributed by atoms with Crippen molar-refractivity contribution in [2.75, 3.05) is 25.6 Å². The minimum Gasteiger partial charge on any atom is -0.813 e. The zero-order chi connectivity index (χ0) is 10.8. The molecule has 2 aliphatic heterocycles. The van der Waals surface area contributed by atoms with E-state index in [4.69, 9.17) is 9.84 Å². The fourth-order valence-electron chi connectivity index (χ4n) is 0.636. The number of aliphatic hydroxyl groups excluding tert-OH is 1. The van der Waals surface area contributed by atoms with Gasteiger partial charge in [0.15, 0.2) is 0 Å². The Morgan fingerprint density at radius 2 is 1.93 bits per heavy atom. The van der Waals surface area contributed by atoms with Crippen molar-refractivity contribution in [1.29, 1.82) is 0 Å². The SMILES string of the molecule is CCC1CO1.CCC1C[OH+]1.OCCS.[H+].[SH-]. The first-order valence-corrected chi connectivity index (χ1v) is 5.91. The largest absolute Gasteiger partial charge is 1.00 e. The minimum atomic E-state index is 0. The van der Waals surface area contributed by atoms with E-state index < -0.39 is 0 Å². The predicted octanol–water partition coefficient (Wildman–Crippen LogP) is 0.853. The molecule has 2 rings (SSSR count). The lowest BCUT2D eigenvalue weighted by Gasteiger charge is -1.69. The van der Waals surface area contributed by atoms with Crippen LogP contribution in [0.3, 0.4) is 0 Å². The first-order chi connectivity index (χ1) is 6.78. The van der Waals surface area contributed by atoms with Crippen molar-refractivity contribution in [3.8, 4) is 0 Å². The van der Waals surface area contributed by atoms with E-state index in [9.17, 15) is 0 Å². The Hall–Kier alpha value is 0.580. The summed E-state index contributed by atoms with van der Waals surface area (Å²) in [7, 11) is 0. The van der Waals surface area contributed by atoms with Crippen molar-refractivity contribution >= 4 is 26.1 Å². The number of hydrogen-bond donors (Lipinski definition) is 2.